The third-order valence-electron chi connectivity index (χ3n) is 7.46. The Kier molecular flexibility index (Phi) is 4.40. The van der Waals surface area contributed by atoms with Crippen molar-refractivity contribution in [2.45, 2.75) is 51.7 Å². The van der Waals surface area contributed by atoms with Gasteiger partial charge >= 0.3 is 5.97 Å². The first-order valence-electron chi connectivity index (χ1n) is 9.92. The predicted molar refractivity (Wildman–Crippen MR) is 102 cm³/mol. The van der Waals surface area contributed by atoms with Crippen LogP contribution in [0.15, 0.2) is 34.6 Å². The highest BCUT2D eigenvalue weighted by molar-refractivity contribution is 6.13. The molecule has 1 saturated carbocycles. The van der Waals surface area contributed by atoms with Gasteiger partial charge in [0, 0.05) is 49.0 Å². The SMILES string of the molecule is C=C1C(=O)OC(CCOC)C2(C)C1=C(O)C(=O)C1=C2C(O)CC2(C)C(=O)CCC12. The van der Waals surface area contributed by atoms with Crippen molar-refractivity contribution in [2.75, 3.05) is 13.7 Å². The molecule has 0 aromatic carbocycles. The van der Waals surface area contributed by atoms with E-state index in [0.717, 1.165) is 0 Å². The van der Waals surface area contributed by atoms with Crippen molar-refractivity contribution in [1.29, 1.82) is 0 Å². The molecule has 29 heavy (non-hydrogen) atoms. The normalized spacial score (nSPS) is 39.4. The van der Waals surface area contributed by atoms with Gasteiger partial charge in [-0.05, 0) is 25.3 Å². The molecule has 4 aliphatic rings. The van der Waals surface area contributed by atoms with E-state index in [0.29, 0.717) is 37.0 Å². The molecule has 4 rings (SSSR count). The first-order chi connectivity index (χ1) is 13.6. The summed E-state index contributed by atoms with van der Waals surface area (Å²) in [5, 5.41) is 22.1. The van der Waals surface area contributed by atoms with Crippen molar-refractivity contribution in [3.8, 4) is 0 Å². The van der Waals surface area contributed by atoms with E-state index in [1.54, 1.807) is 13.8 Å². The highest BCUT2D eigenvalue weighted by Gasteiger charge is 2.63. The first kappa shape index (κ1) is 20.0. The summed E-state index contributed by atoms with van der Waals surface area (Å²) in [4.78, 5) is 38.2. The molecule has 5 atom stereocenters. The number of rotatable bonds is 3. The van der Waals surface area contributed by atoms with Crippen molar-refractivity contribution < 1.29 is 34.1 Å². The molecule has 1 aliphatic heterocycles. The number of ketones is 2. The number of esters is 1. The van der Waals surface area contributed by atoms with Gasteiger partial charge in [0.1, 0.15) is 11.9 Å². The van der Waals surface area contributed by atoms with E-state index in [4.69, 9.17) is 9.47 Å². The first-order valence-corrected chi connectivity index (χ1v) is 9.92. The average molecular weight is 402 g/mol. The zero-order valence-electron chi connectivity index (χ0n) is 16.9. The molecule has 0 amide bonds. The van der Waals surface area contributed by atoms with Gasteiger partial charge in [-0.3, -0.25) is 9.59 Å². The number of aliphatic hydroxyl groups is 2. The summed E-state index contributed by atoms with van der Waals surface area (Å²) in [6.45, 7) is 7.59. The Hall–Kier alpha value is -2.25. The third kappa shape index (κ3) is 2.40. The lowest BCUT2D eigenvalue weighted by molar-refractivity contribution is -0.154. The number of carbonyl (C=O) groups is 3. The second-order valence-corrected chi connectivity index (χ2v) is 8.89. The number of cyclic esters (lactones) is 1. The van der Waals surface area contributed by atoms with Crippen LogP contribution in [0.1, 0.15) is 39.5 Å². The number of fused-ring (bicyclic) bond motifs is 4. The van der Waals surface area contributed by atoms with Crippen LogP contribution >= 0.6 is 0 Å². The summed E-state index contributed by atoms with van der Waals surface area (Å²) < 4.78 is 10.8. The Morgan fingerprint density at radius 2 is 1.97 bits per heavy atom. The smallest absolute Gasteiger partial charge is 0.338 e. The molecular formula is C22H26O7. The van der Waals surface area contributed by atoms with E-state index in [9.17, 15) is 24.6 Å². The maximum atomic E-state index is 13.3. The standard InChI is InChI=1S/C22H26O7/c1-10-16-19(26)18(25)15-11-5-6-13(24)21(11,2)9-12(23)17(15)22(16,3)14(7-8-28-4)29-20(10)27/h11-12,14,23,26H,1,5-9H2,2-4H3. The second-order valence-electron chi connectivity index (χ2n) is 8.89. The topological polar surface area (TPSA) is 110 Å². The molecule has 5 unspecified atom stereocenters. The van der Waals surface area contributed by atoms with E-state index in [2.05, 4.69) is 6.58 Å². The van der Waals surface area contributed by atoms with Gasteiger partial charge < -0.3 is 19.7 Å². The Labute approximate surface area is 169 Å². The number of methoxy groups -OCH3 is 1. The minimum absolute atomic E-state index is 0.0238. The Morgan fingerprint density at radius 3 is 2.62 bits per heavy atom. The van der Waals surface area contributed by atoms with E-state index in [-0.39, 0.29) is 29.3 Å². The highest BCUT2D eigenvalue weighted by atomic mass is 16.5. The highest BCUT2D eigenvalue weighted by Crippen LogP contribution is 2.61. The molecule has 0 spiro atoms. The van der Waals surface area contributed by atoms with Gasteiger partial charge in [-0.25, -0.2) is 4.79 Å². The fraction of sp³-hybridized carbons (Fsp3) is 0.591. The number of hydrogen-bond donors (Lipinski definition) is 2. The Morgan fingerprint density at radius 1 is 1.28 bits per heavy atom. The minimum atomic E-state index is -1.12. The molecule has 3 aliphatic carbocycles. The van der Waals surface area contributed by atoms with Crippen molar-refractivity contribution in [3.05, 3.63) is 34.6 Å². The number of carbonyl (C=O) groups excluding carboxylic acids is 3. The fourth-order valence-corrected chi connectivity index (χ4v) is 5.98. The minimum Gasteiger partial charge on any atom is -0.504 e. The zero-order chi connectivity index (χ0) is 21.3. The number of allylic oxidation sites excluding steroid dienone is 1. The number of aliphatic hydroxyl groups excluding tert-OH is 2. The molecule has 1 heterocycles. The molecular weight excluding hydrogens is 376 g/mol. The summed E-state index contributed by atoms with van der Waals surface area (Å²) in [7, 11) is 1.53. The van der Waals surface area contributed by atoms with Gasteiger partial charge in [0.05, 0.1) is 17.1 Å². The van der Waals surface area contributed by atoms with Crippen LogP contribution in [0.25, 0.3) is 0 Å². The molecule has 2 N–H and O–H groups in total. The van der Waals surface area contributed by atoms with Crippen LogP contribution in [0.5, 0.6) is 0 Å². The summed E-state index contributed by atoms with van der Waals surface area (Å²) >= 11 is 0. The van der Waals surface area contributed by atoms with Crippen LogP contribution in [0.3, 0.4) is 0 Å². The van der Waals surface area contributed by atoms with Gasteiger partial charge in [-0.1, -0.05) is 13.5 Å². The molecule has 0 bridgehead atoms. The van der Waals surface area contributed by atoms with Gasteiger partial charge in [0.2, 0.25) is 5.78 Å². The van der Waals surface area contributed by atoms with Crippen LogP contribution in [0, 0.1) is 16.7 Å². The van der Waals surface area contributed by atoms with Crippen molar-refractivity contribution in [1.82, 2.24) is 0 Å². The van der Waals surface area contributed by atoms with E-state index in [1.807, 2.05) is 0 Å². The van der Waals surface area contributed by atoms with Crippen LogP contribution in [-0.4, -0.2) is 53.7 Å². The summed E-state index contributed by atoms with van der Waals surface area (Å²) in [6.07, 6.45) is -0.465. The van der Waals surface area contributed by atoms with E-state index >= 15 is 0 Å². The maximum Gasteiger partial charge on any atom is 0.338 e. The average Bonchev–Trinajstić information content (AvgIpc) is 2.95. The molecule has 2 fully saturated rings. The third-order valence-corrected chi connectivity index (χ3v) is 7.46. The van der Waals surface area contributed by atoms with Crippen molar-refractivity contribution >= 4 is 17.5 Å². The molecule has 156 valence electrons. The summed E-state index contributed by atoms with van der Waals surface area (Å²) in [5.74, 6) is -2.22. The molecule has 1 saturated heterocycles. The summed E-state index contributed by atoms with van der Waals surface area (Å²) in [5.41, 5.74) is -1.18. The molecule has 7 nitrogen and oxygen atoms in total. The largest absolute Gasteiger partial charge is 0.504 e. The Balaban J connectivity index is 1.97. The number of ether oxygens (including phenoxy) is 2. The fourth-order valence-electron chi connectivity index (χ4n) is 5.98. The number of Topliss-reactive ketones (excluding diaryl/α,β-unsaturated/α-hetero) is 2. The van der Waals surface area contributed by atoms with E-state index in [1.165, 1.54) is 7.11 Å². The molecule has 0 aromatic heterocycles. The second kappa shape index (κ2) is 6.37. The van der Waals surface area contributed by atoms with Crippen LogP contribution in [0.2, 0.25) is 0 Å². The molecule has 0 radical (unpaired) electrons. The lowest BCUT2D eigenvalue weighted by Crippen LogP contribution is -2.55. The van der Waals surface area contributed by atoms with Crippen molar-refractivity contribution in [2.24, 2.45) is 16.7 Å². The predicted octanol–water partition coefficient (Wildman–Crippen LogP) is 1.95. The quantitative estimate of drug-likeness (QED) is 0.548. The maximum absolute atomic E-state index is 13.3. The van der Waals surface area contributed by atoms with Gasteiger partial charge in [0.25, 0.3) is 0 Å². The van der Waals surface area contributed by atoms with Crippen molar-refractivity contribution in [3.63, 3.8) is 0 Å². The Bertz CT molecular complexity index is 910. The van der Waals surface area contributed by atoms with Crippen LogP contribution in [-0.2, 0) is 23.9 Å². The van der Waals surface area contributed by atoms with Gasteiger partial charge in [0.15, 0.2) is 5.76 Å². The monoisotopic (exact) mass is 402 g/mol. The summed E-state index contributed by atoms with van der Waals surface area (Å²) in [6, 6.07) is 0. The van der Waals surface area contributed by atoms with Gasteiger partial charge in [-0.15, -0.1) is 0 Å². The zero-order valence-corrected chi connectivity index (χ0v) is 16.9. The molecule has 7 heteroatoms. The number of hydrogen-bond acceptors (Lipinski definition) is 7. The lowest BCUT2D eigenvalue weighted by atomic mass is 9.53. The van der Waals surface area contributed by atoms with Crippen LogP contribution in [0.4, 0.5) is 0 Å². The molecule has 0 aromatic rings. The van der Waals surface area contributed by atoms with Crippen LogP contribution < -0.4 is 0 Å². The van der Waals surface area contributed by atoms with Gasteiger partial charge in [-0.2, -0.15) is 0 Å². The van der Waals surface area contributed by atoms with E-state index < -0.39 is 40.5 Å². The lowest BCUT2D eigenvalue weighted by Gasteiger charge is -2.52.